The molecule has 0 aromatic heterocycles. The van der Waals surface area contributed by atoms with Gasteiger partial charge in [-0.3, -0.25) is 0 Å². The predicted molar refractivity (Wildman–Crippen MR) is 159 cm³/mol. The molecule has 0 bridgehead atoms. The Kier molecular flexibility index (Phi) is 4.81. The van der Waals surface area contributed by atoms with Gasteiger partial charge in [-0.2, -0.15) is 0 Å². The van der Waals surface area contributed by atoms with E-state index >= 15 is 0 Å². The van der Waals surface area contributed by atoms with Crippen molar-refractivity contribution in [2.24, 2.45) is 0 Å². The first-order chi connectivity index (χ1) is 17.4. The van der Waals surface area contributed by atoms with Gasteiger partial charge in [-0.05, 0) is 78.6 Å². The summed E-state index contributed by atoms with van der Waals surface area (Å²) >= 11 is 3.69. The van der Waals surface area contributed by atoms with Crippen molar-refractivity contribution in [3.8, 4) is 22.3 Å². The van der Waals surface area contributed by atoms with E-state index in [1.807, 2.05) is 11.8 Å². The van der Waals surface area contributed by atoms with Crippen LogP contribution >= 0.6 is 23.5 Å². The minimum absolute atomic E-state index is 0.0220. The van der Waals surface area contributed by atoms with Crippen molar-refractivity contribution >= 4 is 33.3 Å². The van der Waals surface area contributed by atoms with Crippen LogP contribution in [0, 0.1) is 0 Å². The molecule has 1 aliphatic heterocycles. The highest BCUT2D eigenvalue weighted by molar-refractivity contribution is 8.20. The van der Waals surface area contributed by atoms with E-state index < -0.39 is 0 Å². The van der Waals surface area contributed by atoms with Crippen molar-refractivity contribution in [1.29, 1.82) is 0 Å². The van der Waals surface area contributed by atoms with Crippen LogP contribution in [0.1, 0.15) is 61.1 Å². The normalized spacial score (nSPS) is 18.0. The Balaban J connectivity index is 1.22. The third kappa shape index (κ3) is 3.11. The summed E-state index contributed by atoms with van der Waals surface area (Å²) in [7, 11) is 0. The van der Waals surface area contributed by atoms with Crippen molar-refractivity contribution in [2.45, 2.75) is 38.5 Å². The van der Waals surface area contributed by atoms with Gasteiger partial charge in [0, 0.05) is 20.6 Å². The van der Waals surface area contributed by atoms with E-state index in [0.717, 1.165) is 0 Å². The minimum Gasteiger partial charge on any atom is -0.104 e. The zero-order valence-corrected chi connectivity index (χ0v) is 22.7. The fraction of sp³-hybridized carbons (Fsp3) is 0.176. The molecule has 2 aliphatic carbocycles. The van der Waals surface area contributed by atoms with Crippen LogP contribution in [0.2, 0.25) is 0 Å². The molecule has 0 fully saturated rings. The molecule has 4 aromatic carbocycles. The van der Waals surface area contributed by atoms with Crippen molar-refractivity contribution in [1.82, 2.24) is 0 Å². The summed E-state index contributed by atoms with van der Waals surface area (Å²) in [5.41, 5.74) is 13.9. The molecule has 3 aliphatic rings. The Morgan fingerprint density at radius 3 is 1.36 bits per heavy atom. The fourth-order valence-electron chi connectivity index (χ4n) is 6.29. The van der Waals surface area contributed by atoms with Crippen molar-refractivity contribution < 1.29 is 0 Å². The second kappa shape index (κ2) is 7.78. The van der Waals surface area contributed by atoms with Crippen LogP contribution in [0.4, 0.5) is 0 Å². The average Bonchev–Trinajstić information content (AvgIpc) is 3.28. The number of benzene rings is 4. The summed E-state index contributed by atoms with van der Waals surface area (Å²) in [5, 5.41) is 4.61. The van der Waals surface area contributed by atoms with Crippen LogP contribution < -0.4 is 0 Å². The van der Waals surface area contributed by atoms with Crippen LogP contribution in [0.25, 0.3) is 32.1 Å². The third-order valence-corrected chi connectivity index (χ3v) is 10.5. The molecule has 0 N–H and O–H groups in total. The van der Waals surface area contributed by atoms with Gasteiger partial charge in [-0.1, -0.05) is 112 Å². The maximum atomic E-state index is 2.43. The Morgan fingerprint density at radius 1 is 0.472 bits per heavy atom. The largest absolute Gasteiger partial charge is 0.104 e. The molecule has 176 valence electrons. The number of rotatable bonds is 2. The maximum Gasteiger partial charge on any atom is 0.0261 e. The Bertz CT molecular complexity index is 1510. The first-order valence-corrected chi connectivity index (χ1v) is 14.3. The van der Waals surface area contributed by atoms with Crippen LogP contribution in [-0.4, -0.2) is 0 Å². The van der Waals surface area contributed by atoms with E-state index in [0.29, 0.717) is 0 Å². The first kappa shape index (κ1) is 22.3. The number of hydrogen-bond acceptors (Lipinski definition) is 2. The molecule has 36 heavy (non-hydrogen) atoms. The van der Waals surface area contributed by atoms with E-state index in [-0.39, 0.29) is 10.8 Å². The van der Waals surface area contributed by atoms with Gasteiger partial charge >= 0.3 is 0 Å². The standard InChI is InChI=1S/C34H28S2/c1-33(2)27-11-7-5-9-23(27)25-15-13-21(17-29(25)33)31-19-35-20-32(36-31)22-14-16-26-24-10-6-8-12-28(24)34(3,4)30(26)18-22/h5-20H,1-4H3. The van der Waals surface area contributed by atoms with Gasteiger partial charge in [-0.15, -0.1) is 11.8 Å². The maximum absolute atomic E-state index is 2.43. The lowest BCUT2D eigenvalue weighted by Gasteiger charge is -2.23. The van der Waals surface area contributed by atoms with Gasteiger partial charge in [0.1, 0.15) is 0 Å². The Morgan fingerprint density at radius 2 is 0.889 bits per heavy atom. The predicted octanol–water partition coefficient (Wildman–Crippen LogP) is 10.1. The van der Waals surface area contributed by atoms with Gasteiger partial charge < -0.3 is 0 Å². The van der Waals surface area contributed by atoms with Gasteiger partial charge in [0.05, 0.1) is 0 Å². The third-order valence-electron chi connectivity index (χ3n) is 8.31. The highest BCUT2D eigenvalue weighted by Gasteiger charge is 2.36. The van der Waals surface area contributed by atoms with Crippen molar-refractivity contribution in [3.05, 3.63) is 129 Å². The quantitative estimate of drug-likeness (QED) is 0.268. The smallest absolute Gasteiger partial charge is 0.0261 e. The average molecular weight is 501 g/mol. The second-order valence-electron chi connectivity index (χ2n) is 11.1. The Labute approximate surface area is 222 Å². The SMILES string of the molecule is CC1(C)c2ccccc2-c2ccc(C3=CSC=C(c4ccc5c(c4)C(C)(C)c4ccccc4-5)S3)cc21. The van der Waals surface area contributed by atoms with Crippen molar-refractivity contribution in [3.63, 3.8) is 0 Å². The van der Waals surface area contributed by atoms with Gasteiger partial charge in [0.15, 0.2) is 0 Å². The highest BCUT2D eigenvalue weighted by Crippen LogP contribution is 2.53. The molecular weight excluding hydrogens is 473 g/mol. The summed E-state index contributed by atoms with van der Waals surface area (Å²) in [6.45, 7) is 9.42. The van der Waals surface area contributed by atoms with Gasteiger partial charge in [0.2, 0.25) is 0 Å². The second-order valence-corrected chi connectivity index (χ2v) is 12.9. The summed E-state index contributed by atoms with van der Waals surface area (Å²) < 4.78 is 0. The van der Waals surface area contributed by atoms with Crippen LogP contribution in [0.15, 0.2) is 95.7 Å². The molecular formula is C34H28S2. The van der Waals surface area contributed by atoms with Gasteiger partial charge in [-0.25, -0.2) is 0 Å². The fourth-order valence-corrected chi connectivity index (χ4v) is 8.33. The molecule has 0 saturated heterocycles. The summed E-state index contributed by atoms with van der Waals surface area (Å²) in [6, 6.07) is 31.9. The molecule has 0 radical (unpaired) electrons. The van der Waals surface area contributed by atoms with E-state index in [2.05, 4.69) is 123 Å². The van der Waals surface area contributed by atoms with Crippen LogP contribution in [-0.2, 0) is 10.8 Å². The van der Waals surface area contributed by atoms with Crippen LogP contribution in [0.5, 0.6) is 0 Å². The van der Waals surface area contributed by atoms with Crippen LogP contribution in [0.3, 0.4) is 0 Å². The molecule has 0 nitrogen and oxygen atoms in total. The van der Waals surface area contributed by atoms with E-state index in [1.54, 1.807) is 11.8 Å². The van der Waals surface area contributed by atoms with Gasteiger partial charge in [0.25, 0.3) is 0 Å². The zero-order chi connectivity index (χ0) is 24.7. The molecule has 7 rings (SSSR count). The summed E-state index contributed by atoms with van der Waals surface area (Å²) in [5.74, 6) is 0. The topological polar surface area (TPSA) is 0 Å². The van der Waals surface area contributed by atoms with Crippen molar-refractivity contribution in [2.75, 3.05) is 0 Å². The summed E-state index contributed by atoms with van der Waals surface area (Å²) in [4.78, 5) is 2.66. The monoisotopic (exact) mass is 500 g/mol. The highest BCUT2D eigenvalue weighted by atomic mass is 32.2. The zero-order valence-electron chi connectivity index (χ0n) is 21.1. The molecule has 0 atom stereocenters. The van der Waals surface area contributed by atoms with E-state index in [1.165, 1.54) is 65.4 Å². The van der Waals surface area contributed by atoms with E-state index in [9.17, 15) is 0 Å². The lowest BCUT2D eigenvalue weighted by atomic mass is 9.82. The lowest BCUT2D eigenvalue weighted by Crippen LogP contribution is -2.15. The van der Waals surface area contributed by atoms with E-state index in [4.69, 9.17) is 0 Å². The number of hydrogen-bond donors (Lipinski definition) is 0. The molecule has 0 spiro atoms. The number of thioether (sulfide) groups is 2. The molecule has 2 heteroatoms. The Hall–Kier alpha value is -2.94. The molecule has 4 aromatic rings. The number of fused-ring (bicyclic) bond motifs is 6. The lowest BCUT2D eigenvalue weighted by molar-refractivity contribution is 0.660. The summed E-state index contributed by atoms with van der Waals surface area (Å²) in [6.07, 6.45) is 0. The molecule has 0 amide bonds. The molecule has 1 heterocycles. The molecule has 0 unspecified atom stereocenters. The minimum atomic E-state index is 0.0220. The first-order valence-electron chi connectivity index (χ1n) is 12.6. The molecule has 0 saturated carbocycles.